The van der Waals surface area contributed by atoms with E-state index in [9.17, 15) is 0 Å². The molecule has 0 spiro atoms. The van der Waals surface area contributed by atoms with Gasteiger partial charge >= 0.3 is 0 Å². The van der Waals surface area contributed by atoms with Crippen LogP contribution >= 0.6 is 0 Å². The molecule has 0 bridgehead atoms. The lowest BCUT2D eigenvalue weighted by Crippen LogP contribution is -2.38. The number of para-hydroxylation sites is 3. The number of rotatable bonds is 12. The Morgan fingerprint density at radius 2 is 0.963 bits per heavy atom. The number of benzene rings is 6. The fourth-order valence-electron chi connectivity index (χ4n) is 7.60. The molecule has 2 unspecified atom stereocenters. The first kappa shape index (κ1) is 36.2. The van der Waals surface area contributed by atoms with Crippen molar-refractivity contribution in [3.8, 4) is 0 Å². The molecule has 2 heteroatoms. The first-order valence-corrected chi connectivity index (χ1v) is 19.3. The van der Waals surface area contributed by atoms with Crippen LogP contribution in [-0.2, 0) is 6.42 Å². The van der Waals surface area contributed by atoms with E-state index >= 15 is 0 Å². The van der Waals surface area contributed by atoms with E-state index in [1.807, 2.05) is 0 Å². The van der Waals surface area contributed by atoms with Gasteiger partial charge < -0.3 is 9.80 Å². The fraction of sp³-hybridized carbons (Fsp3) is 0.154. The SMILES string of the molecule is CCc1cccc(C)c1N(c1ccccc1)c1ccc(/C=C/c2ccc(/C=C/c3ccc(N(c4ccccc4)C4C(C)=CC=CC4CC)cc3)cc2)cc1. The molecule has 0 amide bonds. The zero-order valence-electron chi connectivity index (χ0n) is 31.9. The average Bonchev–Trinajstić information content (AvgIpc) is 3.22. The zero-order valence-corrected chi connectivity index (χ0v) is 31.9. The molecular weight excluding hydrogens is 653 g/mol. The molecule has 0 saturated heterocycles. The summed E-state index contributed by atoms with van der Waals surface area (Å²) in [6.07, 6.45) is 17.7. The van der Waals surface area contributed by atoms with Crippen molar-refractivity contribution >= 4 is 52.7 Å². The highest BCUT2D eigenvalue weighted by molar-refractivity contribution is 5.82. The lowest BCUT2D eigenvalue weighted by Gasteiger charge is -2.39. The van der Waals surface area contributed by atoms with Crippen LogP contribution in [0.3, 0.4) is 0 Å². The van der Waals surface area contributed by atoms with Gasteiger partial charge in [-0.1, -0.05) is 165 Å². The third-order valence-corrected chi connectivity index (χ3v) is 10.5. The number of allylic oxidation sites excluding steroid dienone is 2. The third kappa shape index (κ3) is 8.24. The first-order chi connectivity index (χ1) is 26.5. The molecule has 6 aromatic rings. The van der Waals surface area contributed by atoms with E-state index in [1.165, 1.54) is 56.0 Å². The molecule has 2 atom stereocenters. The summed E-state index contributed by atoms with van der Waals surface area (Å²) in [5, 5.41) is 0. The number of hydrogen-bond acceptors (Lipinski definition) is 2. The van der Waals surface area contributed by atoms with Gasteiger partial charge in [-0.05, 0) is 109 Å². The zero-order chi connectivity index (χ0) is 37.3. The summed E-state index contributed by atoms with van der Waals surface area (Å²) in [6.45, 7) is 8.98. The van der Waals surface area contributed by atoms with Crippen LogP contribution in [0.15, 0.2) is 175 Å². The third-order valence-electron chi connectivity index (χ3n) is 10.5. The topological polar surface area (TPSA) is 6.48 Å². The van der Waals surface area contributed by atoms with Crippen LogP contribution in [0.1, 0.15) is 60.6 Å². The summed E-state index contributed by atoms with van der Waals surface area (Å²) in [5.41, 5.74) is 14.7. The number of anilines is 5. The van der Waals surface area contributed by atoms with E-state index in [0.717, 1.165) is 24.2 Å². The lowest BCUT2D eigenvalue weighted by molar-refractivity contribution is 0.523. The Kier molecular flexibility index (Phi) is 11.5. The Hall–Kier alpha value is -6.12. The van der Waals surface area contributed by atoms with Gasteiger partial charge in [0, 0.05) is 28.7 Å². The minimum absolute atomic E-state index is 0.291. The number of aryl methyl sites for hydroxylation is 2. The summed E-state index contributed by atoms with van der Waals surface area (Å²) in [7, 11) is 0. The summed E-state index contributed by atoms with van der Waals surface area (Å²) >= 11 is 0. The van der Waals surface area contributed by atoms with Gasteiger partial charge in [-0.3, -0.25) is 0 Å². The van der Waals surface area contributed by atoms with Gasteiger partial charge in [0.05, 0.1) is 11.7 Å². The molecule has 0 fully saturated rings. The van der Waals surface area contributed by atoms with Gasteiger partial charge in [0.25, 0.3) is 0 Å². The predicted molar refractivity (Wildman–Crippen MR) is 235 cm³/mol. The maximum absolute atomic E-state index is 2.50. The Morgan fingerprint density at radius 1 is 0.500 bits per heavy atom. The summed E-state index contributed by atoms with van der Waals surface area (Å²) in [6, 6.07) is 54.9. The second-order valence-electron chi connectivity index (χ2n) is 14.1. The second kappa shape index (κ2) is 17.1. The highest BCUT2D eigenvalue weighted by Crippen LogP contribution is 2.40. The Balaban J connectivity index is 1.04. The molecule has 0 aliphatic heterocycles. The summed E-state index contributed by atoms with van der Waals surface area (Å²) in [4.78, 5) is 4.89. The first-order valence-electron chi connectivity index (χ1n) is 19.3. The highest BCUT2D eigenvalue weighted by atomic mass is 15.2. The van der Waals surface area contributed by atoms with E-state index < -0.39 is 0 Å². The summed E-state index contributed by atoms with van der Waals surface area (Å²) < 4.78 is 0. The van der Waals surface area contributed by atoms with E-state index in [2.05, 4.69) is 232 Å². The maximum atomic E-state index is 2.50. The standard InChI is InChI=1S/C52H50N2/c1-5-45-17-13-15-39(3)51(45)53(47-19-9-7-10-20-47)49-35-31-43(32-36-49)29-27-41-23-25-42(26-24-41)28-30-44-33-37-50(38-34-44)54(48-21-11-8-12-22-48)52-40(4)16-14-18-46(52)6-2/h7-38,45,51H,5-6H2,1-4H3/b29-27+,30-28+. The molecule has 0 N–H and O–H groups in total. The molecule has 0 aromatic heterocycles. The minimum atomic E-state index is 0.291. The fourth-order valence-corrected chi connectivity index (χ4v) is 7.60. The van der Waals surface area contributed by atoms with Crippen LogP contribution in [0.25, 0.3) is 24.3 Å². The quantitative estimate of drug-likeness (QED) is 0.117. The van der Waals surface area contributed by atoms with E-state index in [1.54, 1.807) is 0 Å². The van der Waals surface area contributed by atoms with Crippen molar-refractivity contribution < 1.29 is 0 Å². The number of hydrogen-bond donors (Lipinski definition) is 0. The lowest BCUT2D eigenvalue weighted by atomic mass is 9.85. The monoisotopic (exact) mass is 702 g/mol. The molecule has 1 aliphatic carbocycles. The summed E-state index contributed by atoms with van der Waals surface area (Å²) in [5.74, 6) is 0.461. The van der Waals surface area contributed by atoms with Crippen molar-refractivity contribution in [2.24, 2.45) is 5.92 Å². The van der Waals surface area contributed by atoms with E-state index in [4.69, 9.17) is 0 Å². The molecule has 6 aromatic carbocycles. The predicted octanol–water partition coefficient (Wildman–Crippen LogP) is 14.4. The smallest absolute Gasteiger partial charge is 0.0614 e. The van der Waals surface area contributed by atoms with Crippen molar-refractivity contribution in [1.82, 2.24) is 0 Å². The molecule has 54 heavy (non-hydrogen) atoms. The molecule has 1 aliphatic rings. The Morgan fingerprint density at radius 3 is 1.48 bits per heavy atom. The molecule has 0 heterocycles. The molecule has 7 rings (SSSR count). The van der Waals surface area contributed by atoms with Crippen LogP contribution in [0.5, 0.6) is 0 Å². The van der Waals surface area contributed by atoms with Crippen molar-refractivity contribution in [3.05, 3.63) is 209 Å². The van der Waals surface area contributed by atoms with Gasteiger partial charge in [-0.25, -0.2) is 0 Å². The van der Waals surface area contributed by atoms with Gasteiger partial charge in [0.1, 0.15) is 0 Å². The van der Waals surface area contributed by atoms with Crippen molar-refractivity contribution in [3.63, 3.8) is 0 Å². The maximum Gasteiger partial charge on any atom is 0.0614 e. The van der Waals surface area contributed by atoms with Crippen LogP contribution in [-0.4, -0.2) is 6.04 Å². The van der Waals surface area contributed by atoms with Crippen molar-refractivity contribution in [1.29, 1.82) is 0 Å². The molecule has 2 nitrogen and oxygen atoms in total. The minimum Gasteiger partial charge on any atom is -0.334 e. The largest absolute Gasteiger partial charge is 0.334 e. The molecule has 268 valence electrons. The van der Waals surface area contributed by atoms with Crippen LogP contribution in [0, 0.1) is 12.8 Å². The van der Waals surface area contributed by atoms with E-state index in [-0.39, 0.29) is 0 Å². The average molecular weight is 703 g/mol. The van der Waals surface area contributed by atoms with Crippen molar-refractivity contribution in [2.75, 3.05) is 9.80 Å². The van der Waals surface area contributed by atoms with Crippen LogP contribution in [0.2, 0.25) is 0 Å². The van der Waals surface area contributed by atoms with Gasteiger partial charge in [-0.2, -0.15) is 0 Å². The Labute approximate surface area is 322 Å². The molecule has 0 radical (unpaired) electrons. The van der Waals surface area contributed by atoms with Gasteiger partial charge in [0.2, 0.25) is 0 Å². The number of nitrogens with zero attached hydrogens (tertiary/aromatic N) is 2. The molecular formula is C52H50N2. The van der Waals surface area contributed by atoms with Crippen LogP contribution < -0.4 is 9.80 Å². The van der Waals surface area contributed by atoms with Crippen LogP contribution in [0.4, 0.5) is 28.4 Å². The van der Waals surface area contributed by atoms with Gasteiger partial charge in [0.15, 0.2) is 0 Å². The Bertz CT molecular complexity index is 2240. The van der Waals surface area contributed by atoms with Gasteiger partial charge in [-0.15, -0.1) is 0 Å². The van der Waals surface area contributed by atoms with E-state index in [0.29, 0.717) is 12.0 Å². The second-order valence-corrected chi connectivity index (χ2v) is 14.1. The van der Waals surface area contributed by atoms with Crippen molar-refractivity contribution in [2.45, 2.75) is 46.6 Å². The highest BCUT2D eigenvalue weighted by Gasteiger charge is 2.29. The normalized spacial score (nSPS) is 15.4. The molecule has 0 saturated carbocycles.